The molecule has 0 radical (unpaired) electrons. The Morgan fingerprint density at radius 2 is 2.04 bits per heavy atom. The predicted octanol–water partition coefficient (Wildman–Crippen LogP) is 1.68. The van der Waals surface area contributed by atoms with Crippen molar-refractivity contribution in [2.75, 3.05) is 6.54 Å². The smallest absolute Gasteiger partial charge is 0.253 e. The molecule has 0 aliphatic rings. The molecule has 2 aromatic heterocycles. The quantitative estimate of drug-likeness (QED) is 0.770. The second-order valence-electron chi connectivity index (χ2n) is 4.78. The van der Waals surface area contributed by atoms with Gasteiger partial charge in [0, 0.05) is 24.0 Å². The first kappa shape index (κ1) is 15.1. The number of nitrogens with zero attached hydrogens (tertiary/aromatic N) is 5. The normalized spacial score (nSPS) is 10.5. The lowest BCUT2D eigenvalue weighted by atomic mass is 10.1. The van der Waals surface area contributed by atoms with E-state index in [0.29, 0.717) is 22.8 Å². The minimum atomic E-state index is -0.207. The van der Waals surface area contributed by atoms with Gasteiger partial charge in [-0.1, -0.05) is 11.6 Å². The lowest BCUT2D eigenvalue weighted by molar-refractivity contribution is 0.0954. The van der Waals surface area contributed by atoms with Crippen LogP contribution in [-0.2, 0) is 6.42 Å². The molecule has 2 heterocycles. The van der Waals surface area contributed by atoms with Gasteiger partial charge in [0.25, 0.3) is 5.91 Å². The van der Waals surface area contributed by atoms with Crippen LogP contribution in [0.1, 0.15) is 15.9 Å². The number of halogens is 1. The zero-order chi connectivity index (χ0) is 16.1. The van der Waals surface area contributed by atoms with Crippen LogP contribution in [0.25, 0.3) is 5.69 Å². The molecule has 7 nitrogen and oxygen atoms in total. The van der Waals surface area contributed by atoms with E-state index in [-0.39, 0.29) is 5.91 Å². The molecule has 0 aliphatic heterocycles. The van der Waals surface area contributed by atoms with E-state index in [9.17, 15) is 4.79 Å². The topological polar surface area (TPSA) is 85.6 Å². The second kappa shape index (κ2) is 6.97. The number of hydrogen-bond donors (Lipinski definition) is 1. The molecule has 1 amide bonds. The van der Waals surface area contributed by atoms with Gasteiger partial charge in [-0.3, -0.25) is 9.78 Å². The molecule has 0 spiro atoms. The maximum absolute atomic E-state index is 12.4. The first-order chi connectivity index (χ1) is 11.2. The molecule has 0 saturated heterocycles. The number of hydrogen-bond acceptors (Lipinski definition) is 5. The van der Waals surface area contributed by atoms with E-state index in [1.165, 1.54) is 11.0 Å². The molecular formula is C15H13ClN6O. The zero-order valence-electron chi connectivity index (χ0n) is 12.1. The Morgan fingerprint density at radius 1 is 1.22 bits per heavy atom. The van der Waals surface area contributed by atoms with Crippen LogP contribution in [0.2, 0.25) is 5.02 Å². The van der Waals surface area contributed by atoms with Gasteiger partial charge < -0.3 is 5.32 Å². The zero-order valence-corrected chi connectivity index (χ0v) is 12.8. The van der Waals surface area contributed by atoms with E-state index in [1.807, 2.05) is 12.1 Å². The van der Waals surface area contributed by atoms with E-state index in [2.05, 4.69) is 25.8 Å². The van der Waals surface area contributed by atoms with Crippen LogP contribution in [-0.4, -0.2) is 37.6 Å². The van der Waals surface area contributed by atoms with Crippen molar-refractivity contribution in [2.45, 2.75) is 6.42 Å². The summed E-state index contributed by atoms with van der Waals surface area (Å²) in [6.07, 6.45) is 5.60. The molecule has 3 rings (SSSR count). The standard InChI is InChI=1S/C15H13ClN6O/c16-12-1-2-13(14(9-12)22-10-19-20-21-22)15(23)18-8-5-11-3-6-17-7-4-11/h1-4,6-7,9-10H,5,8H2,(H,18,23). The molecule has 8 heteroatoms. The maximum Gasteiger partial charge on any atom is 0.253 e. The van der Waals surface area contributed by atoms with E-state index in [0.717, 1.165) is 12.0 Å². The molecule has 23 heavy (non-hydrogen) atoms. The van der Waals surface area contributed by atoms with Gasteiger partial charge in [-0.25, -0.2) is 0 Å². The number of rotatable bonds is 5. The number of amides is 1. The first-order valence-electron chi connectivity index (χ1n) is 6.94. The minimum absolute atomic E-state index is 0.207. The SMILES string of the molecule is O=C(NCCc1ccncc1)c1ccc(Cl)cc1-n1cnnn1. The number of nitrogens with one attached hydrogen (secondary N) is 1. The van der Waals surface area contributed by atoms with Gasteiger partial charge in [-0.2, -0.15) is 4.68 Å². The fraction of sp³-hybridized carbons (Fsp3) is 0.133. The number of tetrazole rings is 1. The average molecular weight is 329 g/mol. The monoisotopic (exact) mass is 328 g/mol. The van der Waals surface area contributed by atoms with Crippen LogP contribution in [0.15, 0.2) is 49.1 Å². The highest BCUT2D eigenvalue weighted by atomic mass is 35.5. The summed E-state index contributed by atoms with van der Waals surface area (Å²) in [5, 5.41) is 14.4. The summed E-state index contributed by atoms with van der Waals surface area (Å²) in [5.41, 5.74) is 2.09. The van der Waals surface area contributed by atoms with Crippen molar-refractivity contribution in [2.24, 2.45) is 0 Å². The summed E-state index contributed by atoms with van der Waals surface area (Å²) in [6, 6.07) is 8.80. The fourth-order valence-corrected chi connectivity index (χ4v) is 2.29. The third-order valence-corrected chi connectivity index (χ3v) is 3.48. The van der Waals surface area contributed by atoms with Crippen molar-refractivity contribution in [3.63, 3.8) is 0 Å². The fourth-order valence-electron chi connectivity index (χ4n) is 2.12. The predicted molar refractivity (Wildman–Crippen MR) is 84.4 cm³/mol. The van der Waals surface area contributed by atoms with Crippen molar-refractivity contribution >= 4 is 17.5 Å². The Kier molecular flexibility index (Phi) is 4.58. The highest BCUT2D eigenvalue weighted by Crippen LogP contribution is 2.19. The summed E-state index contributed by atoms with van der Waals surface area (Å²) < 4.78 is 1.41. The Hall–Kier alpha value is -2.80. The molecule has 0 unspecified atom stereocenters. The lowest BCUT2D eigenvalue weighted by Gasteiger charge is -2.10. The van der Waals surface area contributed by atoms with Crippen LogP contribution in [0, 0.1) is 0 Å². The van der Waals surface area contributed by atoms with Gasteiger partial charge in [0.1, 0.15) is 6.33 Å². The largest absolute Gasteiger partial charge is 0.352 e. The molecule has 0 saturated carbocycles. The molecule has 1 aromatic carbocycles. The summed E-state index contributed by atoms with van der Waals surface area (Å²) >= 11 is 6.00. The highest BCUT2D eigenvalue weighted by Gasteiger charge is 2.14. The molecule has 0 aliphatic carbocycles. The third kappa shape index (κ3) is 3.70. The number of benzene rings is 1. The van der Waals surface area contributed by atoms with Crippen LogP contribution in [0.5, 0.6) is 0 Å². The summed E-state index contributed by atoms with van der Waals surface area (Å²) in [5.74, 6) is -0.207. The first-order valence-corrected chi connectivity index (χ1v) is 7.32. The summed E-state index contributed by atoms with van der Waals surface area (Å²) in [6.45, 7) is 0.514. The van der Waals surface area contributed by atoms with Gasteiger partial charge in [-0.05, 0) is 52.7 Å². The van der Waals surface area contributed by atoms with Gasteiger partial charge in [-0.15, -0.1) is 5.10 Å². The highest BCUT2D eigenvalue weighted by molar-refractivity contribution is 6.31. The average Bonchev–Trinajstić information content (AvgIpc) is 3.10. The Balaban J connectivity index is 1.72. The molecule has 0 bridgehead atoms. The van der Waals surface area contributed by atoms with Crippen molar-refractivity contribution in [1.29, 1.82) is 0 Å². The van der Waals surface area contributed by atoms with Gasteiger partial charge >= 0.3 is 0 Å². The molecule has 116 valence electrons. The van der Waals surface area contributed by atoms with Crippen LogP contribution in [0.3, 0.4) is 0 Å². The Bertz CT molecular complexity index is 791. The molecular weight excluding hydrogens is 316 g/mol. The number of pyridine rings is 1. The van der Waals surface area contributed by atoms with Crippen molar-refractivity contribution < 1.29 is 4.79 Å². The van der Waals surface area contributed by atoms with Gasteiger partial charge in [0.2, 0.25) is 0 Å². The van der Waals surface area contributed by atoms with E-state index < -0.39 is 0 Å². The lowest BCUT2D eigenvalue weighted by Crippen LogP contribution is -2.27. The van der Waals surface area contributed by atoms with Gasteiger partial charge in [0.05, 0.1) is 11.3 Å². The molecule has 3 aromatic rings. The van der Waals surface area contributed by atoms with Crippen LogP contribution in [0.4, 0.5) is 0 Å². The van der Waals surface area contributed by atoms with Crippen molar-refractivity contribution in [1.82, 2.24) is 30.5 Å². The van der Waals surface area contributed by atoms with E-state index in [4.69, 9.17) is 11.6 Å². The minimum Gasteiger partial charge on any atom is -0.352 e. The van der Waals surface area contributed by atoms with Gasteiger partial charge in [0.15, 0.2) is 0 Å². The van der Waals surface area contributed by atoms with E-state index in [1.54, 1.807) is 30.6 Å². The van der Waals surface area contributed by atoms with Crippen LogP contribution < -0.4 is 5.32 Å². The van der Waals surface area contributed by atoms with Crippen molar-refractivity contribution in [3.8, 4) is 5.69 Å². The summed E-state index contributed by atoms with van der Waals surface area (Å²) in [7, 11) is 0. The maximum atomic E-state index is 12.4. The van der Waals surface area contributed by atoms with E-state index >= 15 is 0 Å². The van der Waals surface area contributed by atoms with Crippen LogP contribution >= 0.6 is 11.6 Å². The third-order valence-electron chi connectivity index (χ3n) is 3.25. The number of carbonyl (C=O) groups excluding carboxylic acids is 1. The van der Waals surface area contributed by atoms with Crippen molar-refractivity contribution in [3.05, 3.63) is 65.2 Å². The molecule has 0 fully saturated rings. The Labute approximate surface area is 137 Å². The Morgan fingerprint density at radius 3 is 2.78 bits per heavy atom. The summed E-state index contributed by atoms with van der Waals surface area (Å²) in [4.78, 5) is 16.4. The number of carbonyl (C=O) groups is 1. The molecule has 0 atom stereocenters. The number of aromatic nitrogens is 5. The molecule has 1 N–H and O–H groups in total. The second-order valence-corrected chi connectivity index (χ2v) is 5.21.